The first-order chi connectivity index (χ1) is 27.8. The van der Waals surface area contributed by atoms with Gasteiger partial charge in [0.2, 0.25) is 0 Å². The highest BCUT2D eigenvalue weighted by Crippen LogP contribution is 2.43. The van der Waals surface area contributed by atoms with Crippen molar-refractivity contribution >= 4 is 19.8 Å². The highest BCUT2D eigenvalue weighted by molar-refractivity contribution is 7.47. The Balaban J connectivity index is 4.35. The van der Waals surface area contributed by atoms with Gasteiger partial charge < -0.3 is 20.1 Å². The van der Waals surface area contributed by atoms with Gasteiger partial charge in [0.15, 0.2) is 6.10 Å². The summed E-state index contributed by atoms with van der Waals surface area (Å²) in [6.07, 6.45) is 55.5. The van der Waals surface area contributed by atoms with Crippen LogP contribution < -0.4 is 5.73 Å². The van der Waals surface area contributed by atoms with Crippen molar-refractivity contribution in [2.45, 2.75) is 148 Å². The molecule has 3 N–H and O–H groups in total. The van der Waals surface area contributed by atoms with Gasteiger partial charge in [-0.2, -0.15) is 0 Å². The molecule has 0 aromatic heterocycles. The first-order valence-corrected chi connectivity index (χ1v) is 22.9. The molecule has 0 aliphatic carbocycles. The third-order valence-corrected chi connectivity index (χ3v) is 9.13. The first kappa shape index (κ1) is 53.7. The average Bonchev–Trinajstić information content (AvgIpc) is 3.20. The summed E-state index contributed by atoms with van der Waals surface area (Å²) < 4.78 is 32.7. The summed E-state index contributed by atoms with van der Waals surface area (Å²) in [6, 6.07) is 0. The number of ether oxygens (including phenoxy) is 2. The van der Waals surface area contributed by atoms with Gasteiger partial charge in [0.05, 0.1) is 13.2 Å². The number of phosphoric acid groups is 1. The second-order valence-electron chi connectivity index (χ2n) is 13.5. The Hall–Kier alpha value is -3.33. The minimum atomic E-state index is -4.41. The molecule has 0 aliphatic heterocycles. The van der Waals surface area contributed by atoms with Crippen molar-refractivity contribution < 1.29 is 37.6 Å². The van der Waals surface area contributed by atoms with Gasteiger partial charge in [-0.15, -0.1) is 0 Å². The molecule has 322 valence electrons. The Morgan fingerprint density at radius 2 is 0.982 bits per heavy atom. The zero-order valence-corrected chi connectivity index (χ0v) is 36.2. The van der Waals surface area contributed by atoms with Gasteiger partial charge >= 0.3 is 19.8 Å². The predicted molar refractivity (Wildman–Crippen MR) is 238 cm³/mol. The standard InChI is InChI=1S/C47H76NO8P/c1-3-5-7-9-11-13-15-17-19-21-22-24-25-27-29-31-33-35-37-39-46(49)53-43-45(44-55-57(51,52)54-42-41-48)56-47(50)40-38-36-34-32-30-28-26-23-20-18-16-14-12-10-8-6-4-2/h6,8,11-14,17-20,22,24,26-29,32,34,45H,3-5,7,9-10,15-16,21,23,25,30-31,33,35-44,48H2,1-2H3,(H,51,52)/b8-6-,13-11-,14-12-,19-17-,20-18-,24-22-,28-26-,29-27-,34-32-/t45-/m1/s1. The van der Waals surface area contributed by atoms with Gasteiger partial charge in [-0.1, -0.05) is 142 Å². The number of allylic oxidation sites excluding steroid dienone is 18. The summed E-state index contributed by atoms with van der Waals surface area (Å²) in [4.78, 5) is 34.8. The molecule has 1 unspecified atom stereocenters. The van der Waals surface area contributed by atoms with Gasteiger partial charge in [0.1, 0.15) is 6.61 Å². The number of rotatable bonds is 38. The summed E-state index contributed by atoms with van der Waals surface area (Å²) in [6.45, 7) is 3.45. The van der Waals surface area contributed by atoms with E-state index in [2.05, 4.69) is 117 Å². The Morgan fingerprint density at radius 3 is 1.46 bits per heavy atom. The van der Waals surface area contributed by atoms with Gasteiger partial charge in [-0.3, -0.25) is 18.6 Å². The summed E-state index contributed by atoms with van der Waals surface area (Å²) in [5.74, 6) is -0.946. The van der Waals surface area contributed by atoms with E-state index in [9.17, 15) is 19.0 Å². The van der Waals surface area contributed by atoms with Crippen LogP contribution in [0, 0.1) is 0 Å². The van der Waals surface area contributed by atoms with Crippen LogP contribution in [-0.4, -0.2) is 49.3 Å². The van der Waals surface area contributed by atoms with Gasteiger partial charge in [0.25, 0.3) is 0 Å². The zero-order valence-electron chi connectivity index (χ0n) is 35.3. The molecule has 10 heteroatoms. The van der Waals surface area contributed by atoms with Crippen LogP contribution >= 0.6 is 7.82 Å². The van der Waals surface area contributed by atoms with Crippen LogP contribution in [0.15, 0.2) is 109 Å². The SMILES string of the molecule is CC/C=C\C/C=C\C/C=C\C/C=C\C/C=C\CCCC(=O)O[C@H](COC(=O)CCCCC/C=C\C/C=C\C/C=C\C/C=C\CCCCC)COP(=O)(O)OCCN. The summed E-state index contributed by atoms with van der Waals surface area (Å²) in [5.41, 5.74) is 5.34. The molecule has 0 aromatic carbocycles. The third kappa shape index (κ3) is 42.1. The number of hydrogen-bond acceptors (Lipinski definition) is 8. The quantitative estimate of drug-likeness (QED) is 0.0270. The topological polar surface area (TPSA) is 134 Å². The van der Waals surface area contributed by atoms with Crippen molar-refractivity contribution in [1.29, 1.82) is 0 Å². The number of unbranched alkanes of at least 4 members (excludes halogenated alkanes) is 7. The van der Waals surface area contributed by atoms with E-state index >= 15 is 0 Å². The molecule has 0 fully saturated rings. The Labute approximate surface area is 346 Å². The predicted octanol–water partition coefficient (Wildman–Crippen LogP) is 12.4. The largest absolute Gasteiger partial charge is 0.472 e. The van der Waals surface area contributed by atoms with Gasteiger partial charge in [-0.25, -0.2) is 4.57 Å². The molecule has 0 amide bonds. The van der Waals surface area contributed by atoms with E-state index in [1.807, 2.05) is 6.08 Å². The summed E-state index contributed by atoms with van der Waals surface area (Å²) in [7, 11) is -4.41. The normalized spacial score (nSPS) is 14.4. The van der Waals surface area contributed by atoms with Crippen LogP contribution in [0.5, 0.6) is 0 Å². The van der Waals surface area contributed by atoms with Crippen LogP contribution in [0.3, 0.4) is 0 Å². The van der Waals surface area contributed by atoms with Crippen molar-refractivity contribution in [2.24, 2.45) is 5.73 Å². The molecule has 0 saturated heterocycles. The van der Waals surface area contributed by atoms with Crippen molar-refractivity contribution in [3.8, 4) is 0 Å². The zero-order chi connectivity index (χ0) is 41.8. The van der Waals surface area contributed by atoms with E-state index in [1.54, 1.807) is 0 Å². The van der Waals surface area contributed by atoms with Crippen LogP contribution in [0.1, 0.15) is 142 Å². The molecule has 0 saturated carbocycles. The van der Waals surface area contributed by atoms with E-state index in [4.69, 9.17) is 24.3 Å². The van der Waals surface area contributed by atoms with Crippen molar-refractivity contribution in [2.75, 3.05) is 26.4 Å². The second kappa shape index (κ2) is 42.3. The lowest BCUT2D eigenvalue weighted by Crippen LogP contribution is -2.29. The van der Waals surface area contributed by atoms with Crippen LogP contribution in [-0.2, 0) is 32.7 Å². The smallest absolute Gasteiger partial charge is 0.462 e. The molecule has 0 radical (unpaired) electrons. The molecule has 9 nitrogen and oxygen atoms in total. The maximum absolute atomic E-state index is 12.6. The first-order valence-electron chi connectivity index (χ1n) is 21.4. The molecular weight excluding hydrogens is 737 g/mol. The van der Waals surface area contributed by atoms with E-state index in [0.717, 1.165) is 70.6 Å². The van der Waals surface area contributed by atoms with Crippen LogP contribution in [0.4, 0.5) is 0 Å². The molecule has 0 spiro atoms. The number of hydrogen-bond donors (Lipinski definition) is 2. The lowest BCUT2D eigenvalue weighted by Gasteiger charge is -2.19. The minimum Gasteiger partial charge on any atom is -0.462 e. The average molecular weight is 814 g/mol. The number of esters is 2. The fourth-order valence-electron chi connectivity index (χ4n) is 5.00. The molecular formula is C47H76NO8P. The van der Waals surface area contributed by atoms with E-state index < -0.39 is 32.5 Å². The highest BCUT2D eigenvalue weighted by Gasteiger charge is 2.25. The number of nitrogens with two attached hydrogens (primary N) is 1. The molecule has 0 heterocycles. The number of carbonyl (C=O) groups excluding carboxylic acids is 2. The fourth-order valence-corrected chi connectivity index (χ4v) is 5.77. The Bertz CT molecular complexity index is 1290. The Morgan fingerprint density at radius 1 is 0.544 bits per heavy atom. The maximum Gasteiger partial charge on any atom is 0.472 e. The van der Waals surface area contributed by atoms with E-state index in [-0.39, 0.29) is 32.6 Å². The van der Waals surface area contributed by atoms with Crippen molar-refractivity contribution in [3.63, 3.8) is 0 Å². The molecule has 0 bridgehead atoms. The number of carbonyl (C=O) groups is 2. The van der Waals surface area contributed by atoms with Crippen LogP contribution in [0.2, 0.25) is 0 Å². The highest BCUT2D eigenvalue weighted by atomic mass is 31.2. The molecule has 57 heavy (non-hydrogen) atoms. The third-order valence-electron chi connectivity index (χ3n) is 8.14. The van der Waals surface area contributed by atoms with E-state index in [0.29, 0.717) is 19.3 Å². The maximum atomic E-state index is 12.6. The fraction of sp³-hybridized carbons (Fsp3) is 0.574. The van der Waals surface area contributed by atoms with Gasteiger partial charge in [-0.05, 0) is 96.3 Å². The van der Waals surface area contributed by atoms with Crippen molar-refractivity contribution in [3.05, 3.63) is 109 Å². The minimum absolute atomic E-state index is 0.0331. The summed E-state index contributed by atoms with van der Waals surface area (Å²) >= 11 is 0. The van der Waals surface area contributed by atoms with Crippen molar-refractivity contribution in [1.82, 2.24) is 0 Å². The Kier molecular flexibility index (Phi) is 39.8. The molecule has 0 aromatic rings. The van der Waals surface area contributed by atoms with E-state index in [1.165, 1.54) is 25.7 Å². The van der Waals surface area contributed by atoms with Gasteiger partial charge in [0, 0.05) is 19.4 Å². The van der Waals surface area contributed by atoms with Crippen LogP contribution in [0.25, 0.3) is 0 Å². The molecule has 0 aliphatic rings. The molecule has 0 rings (SSSR count). The summed E-state index contributed by atoms with van der Waals surface area (Å²) in [5, 5.41) is 0. The number of phosphoric ester groups is 1. The lowest BCUT2D eigenvalue weighted by atomic mass is 10.1. The lowest BCUT2D eigenvalue weighted by molar-refractivity contribution is -0.161. The molecule has 2 atom stereocenters. The second-order valence-corrected chi connectivity index (χ2v) is 14.9. The monoisotopic (exact) mass is 814 g/mol.